The number of thiophene rings is 4. The molecule has 0 saturated heterocycles. The van der Waals surface area contributed by atoms with Crippen molar-refractivity contribution in [2.75, 3.05) is 9.80 Å². The first kappa shape index (κ1) is 44.5. The van der Waals surface area contributed by atoms with Crippen molar-refractivity contribution in [3.63, 3.8) is 0 Å². The molecule has 0 fully saturated rings. The number of hydrogen-bond acceptors (Lipinski definition) is 6. The predicted octanol–water partition coefficient (Wildman–Crippen LogP) is 23.2. The van der Waals surface area contributed by atoms with Crippen LogP contribution < -0.4 is 9.80 Å². The van der Waals surface area contributed by atoms with E-state index in [0.717, 1.165) is 0 Å². The van der Waals surface area contributed by atoms with E-state index in [2.05, 4.69) is 244 Å². The Labute approximate surface area is 455 Å². The first-order chi connectivity index (χ1) is 37.4. The summed E-state index contributed by atoms with van der Waals surface area (Å²) < 4.78 is 10.4. The maximum Gasteiger partial charge on any atom is 0.0641 e. The standard InChI is InChI=1S/C70H48N2S4/c1-39(2)53-37-59(71(55-25-13-21-47-41-17-5-9-29-61(41)73-67(47)55)56-26-14-22-48-42-18-6-10-30-62(42)74-68(48)56)51-36-34-46-54(40(3)4)38-60(52-35-33-45(53)65(51)66(46)52)72(57-27-15-23-49-43-19-7-11-31-63(43)75-69(49)57)58-28-16-24-50-44-20-8-12-32-64(44)76-70(50)58/h5-40H,1-4H3. The Balaban J connectivity index is 1.05. The van der Waals surface area contributed by atoms with Crippen LogP contribution in [0.2, 0.25) is 0 Å². The molecule has 0 saturated carbocycles. The second-order valence-corrected chi connectivity index (χ2v) is 25.2. The van der Waals surface area contributed by atoms with Crippen molar-refractivity contribution in [2.24, 2.45) is 0 Å². The summed E-state index contributed by atoms with van der Waals surface area (Å²) in [6.07, 6.45) is 0. The molecule has 4 aromatic heterocycles. The third-order valence-electron chi connectivity index (χ3n) is 16.1. The number of anilines is 6. The average molecular weight is 1050 g/mol. The van der Waals surface area contributed by atoms with Gasteiger partial charge < -0.3 is 9.80 Å². The highest BCUT2D eigenvalue weighted by atomic mass is 32.1. The molecule has 4 heterocycles. The van der Waals surface area contributed by atoms with Gasteiger partial charge in [0.05, 0.1) is 52.9 Å². The molecule has 0 unspecified atom stereocenters. The van der Waals surface area contributed by atoms with Crippen molar-refractivity contribution < 1.29 is 0 Å². The minimum Gasteiger partial charge on any atom is -0.307 e. The summed E-state index contributed by atoms with van der Waals surface area (Å²) in [5.41, 5.74) is 9.94. The zero-order chi connectivity index (χ0) is 50.5. The molecule has 0 amide bonds. The minimum atomic E-state index is 0.252. The number of rotatable bonds is 8. The second-order valence-electron chi connectivity index (χ2n) is 21.0. The number of fused-ring (bicyclic) bond motifs is 12. The van der Waals surface area contributed by atoms with Crippen LogP contribution in [0.25, 0.3) is 113 Å². The molecule has 0 bridgehead atoms. The van der Waals surface area contributed by atoms with E-state index >= 15 is 0 Å². The zero-order valence-corrected chi connectivity index (χ0v) is 45.6. The Bertz CT molecular complexity index is 4500. The Morgan fingerprint density at radius 1 is 0.250 bits per heavy atom. The van der Waals surface area contributed by atoms with Gasteiger partial charge in [0.15, 0.2) is 0 Å². The quantitative estimate of drug-likeness (QED) is 0.140. The molecular weight excluding hydrogens is 997 g/mol. The lowest BCUT2D eigenvalue weighted by molar-refractivity contribution is 0.875. The lowest BCUT2D eigenvalue weighted by Gasteiger charge is -2.32. The van der Waals surface area contributed by atoms with E-state index in [4.69, 9.17) is 0 Å². The Morgan fingerprint density at radius 2 is 0.513 bits per heavy atom. The molecule has 0 spiro atoms. The third kappa shape index (κ3) is 6.36. The van der Waals surface area contributed by atoms with Crippen LogP contribution in [0.15, 0.2) is 206 Å². The summed E-state index contributed by atoms with van der Waals surface area (Å²) in [7, 11) is 0. The van der Waals surface area contributed by atoms with Gasteiger partial charge in [0, 0.05) is 72.7 Å². The normalized spacial score (nSPS) is 12.4. The molecule has 0 aliphatic carbocycles. The van der Waals surface area contributed by atoms with Gasteiger partial charge in [-0.1, -0.05) is 173 Å². The van der Waals surface area contributed by atoms with Crippen molar-refractivity contribution >= 4 is 192 Å². The SMILES string of the molecule is CC(C)c1cc(N(c2cccc3c2sc2ccccc23)c2cccc3c2sc2ccccc23)c2ccc3c(C(C)C)cc(N(c4cccc5c4sc4ccccc45)c4cccc5c4sc4ccccc45)c4ccc1c2c34. The van der Waals surface area contributed by atoms with Gasteiger partial charge in [-0.15, -0.1) is 45.3 Å². The van der Waals surface area contributed by atoms with Gasteiger partial charge in [0.25, 0.3) is 0 Å². The first-order valence-corrected chi connectivity index (χ1v) is 29.6. The number of hydrogen-bond donors (Lipinski definition) is 0. The third-order valence-corrected chi connectivity index (χ3v) is 21.0. The predicted molar refractivity (Wildman–Crippen MR) is 339 cm³/mol. The maximum atomic E-state index is 2.65. The Morgan fingerprint density at radius 3 is 0.803 bits per heavy atom. The average Bonchev–Trinajstić information content (AvgIpc) is 4.35. The first-order valence-electron chi connectivity index (χ1n) is 26.4. The molecular formula is C70H48N2S4. The highest BCUT2D eigenvalue weighted by molar-refractivity contribution is 7.28. The van der Waals surface area contributed by atoms with Crippen molar-refractivity contribution in [3.05, 3.63) is 217 Å². The van der Waals surface area contributed by atoms with Crippen LogP contribution >= 0.6 is 45.3 Å². The van der Waals surface area contributed by atoms with Crippen molar-refractivity contribution in [1.29, 1.82) is 0 Å². The molecule has 0 N–H and O–H groups in total. The molecule has 6 heteroatoms. The van der Waals surface area contributed by atoms with E-state index in [-0.39, 0.29) is 11.8 Å². The minimum absolute atomic E-state index is 0.252. The summed E-state index contributed by atoms with van der Waals surface area (Å²) in [4.78, 5) is 5.29. The highest BCUT2D eigenvalue weighted by Crippen LogP contribution is 2.56. The van der Waals surface area contributed by atoms with E-state index in [1.165, 1.54) is 158 Å². The van der Waals surface area contributed by atoms with Crippen LogP contribution in [0, 0.1) is 0 Å². The van der Waals surface area contributed by atoms with Crippen LogP contribution in [0.4, 0.5) is 34.1 Å². The number of nitrogens with zero attached hydrogens (tertiary/aromatic N) is 2. The van der Waals surface area contributed by atoms with Gasteiger partial charge in [-0.3, -0.25) is 0 Å². The van der Waals surface area contributed by atoms with Crippen LogP contribution in [-0.4, -0.2) is 0 Å². The maximum absolute atomic E-state index is 2.65. The summed E-state index contributed by atoms with van der Waals surface area (Å²) in [5.74, 6) is 0.504. The van der Waals surface area contributed by atoms with Gasteiger partial charge in [-0.25, -0.2) is 0 Å². The smallest absolute Gasteiger partial charge is 0.0641 e. The van der Waals surface area contributed by atoms with Crippen molar-refractivity contribution in [1.82, 2.24) is 0 Å². The summed E-state index contributed by atoms with van der Waals surface area (Å²) in [6, 6.07) is 78.5. The molecule has 16 rings (SSSR count). The molecule has 0 aliphatic rings. The van der Waals surface area contributed by atoms with Crippen LogP contribution in [0.3, 0.4) is 0 Å². The van der Waals surface area contributed by atoms with E-state index in [1.807, 2.05) is 45.3 Å². The molecule has 2 nitrogen and oxygen atoms in total. The molecule has 12 aromatic carbocycles. The van der Waals surface area contributed by atoms with Crippen molar-refractivity contribution in [2.45, 2.75) is 39.5 Å². The molecule has 0 atom stereocenters. The van der Waals surface area contributed by atoms with Crippen LogP contribution in [-0.2, 0) is 0 Å². The van der Waals surface area contributed by atoms with Gasteiger partial charge in [-0.05, 0) is 105 Å². The summed E-state index contributed by atoms with van der Waals surface area (Å²) >= 11 is 7.63. The summed E-state index contributed by atoms with van der Waals surface area (Å²) in [6.45, 7) is 9.51. The largest absolute Gasteiger partial charge is 0.307 e. The van der Waals surface area contributed by atoms with Crippen LogP contribution in [0.1, 0.15) is 50.7 Å². The monoisotopic (exact) mass is 1040 g/mol. The van der Waals surface area contributed by atoms with Crippen LogP contribution in [0.5, 0.6) is 0 Å². The highest BCUT2D eigenvalue weighted by Gasteiger charge is 2.30. The summed E-state index contributed by atoms with van der Waals surface area (Å²) in [5, 5.41) is 18.2. The van der Waals surface area contributed by atoms with Gasteiger partial charge in [-0.2, -0.15) is 0 Å². The molecule has 362 valence electrons. The fourth-order valence-corrected chi connectivity index (χ4v) is 17.6. The Kier molecular flexibility index (Phi) is 9.84. The zero-order valence-electron chi connectivity index (χ0n) is 42.3. The van der Waals surface area contributed by atoms with E-state index in [0.29, 0.717) is 0 Å². The topological polar surface area (TPSA) is 6.48 Å². The van der Waals surface area contributed by atoms with E-state index < -0.39 is 0 Å². The molecule has 16 aromatic rings. The van der Waals surface area contributed by atoms with Crippen molar-refractivity contribution in [3.8, 4) is 0 Å². The van der Waals surface area contributed by atoms with Gasteiger partial charge in [0.1, 0.15) is 0 Å². The molecule has 0 aliphatic heterocycles. The second kappa shape index (κ2) is 16.8. The Hall–Kier alpha value is -7.84. The lowest BCUT2D eigenvalue weighted by atomic mass is 9.84. The van der Waals surface area contributed by atoms with E-state index in [9.17, 15) is 0 Å². The fourth-order valence-electron chi connectivity index (χ4n) is 12.7. The molecule has 0 radical (unpaired) electrons. The van der Waals surface area contributed by atoms with Gasteiger partial charge in [0.2, 0.25) is 0 Å². The lowest BCUT2D eigenvalue weighted by Crippen LogP contribution is -2.13. The fraction of sp³-hybridized carbons (Fsp3) is 0.0857. The van der Waals surface area contributed by atoms with Gasteiger partial charge >= 0.3 is 0 Å². The van der Waals surface area contributed by atoms with E-state index in [1.54, 1.807) is 0 Å². The molecule has 76 heavy (non-hydrogen) atoms. The number of benzene rings is 12.